The van der Waals surface area contributed by atoms with Gasteiger partial charge in [-0.15, -0.1) is 0 Å². The summed E-state index contributed by atoms with van der Waals surface area (Å²) in [7, 11) is 0. The van der Waals surface area contributed by atoms with Crippen molar-refractivity contribution in [2.75, 3.05) is 5.73 Å². The predicted octanol–water partition coefficient (Wildman–Crippen LogP) is 3.00. The minimum atomic E-state index is 0.477. The lowest BCUT2D eigenvalue weighted by molar-refractivity contribution is 0.464. The summed E-state index contributed by atoms with van der Waals surface area (Å²) >= 11 is 0. The van der Waals surface area contributed by atoms with Gasteiger partial charge >= 0.3 is 0 Å². The molecular formula is C14H11N3O. The molecule has 2 aromatic heterocycles. The first-order valence-electron chi connectivity index (χ1n) is 5.55. The highest BCUT2D eigenvalue weighted by molar-refractivity contribution is 5.79. The van der Waals surface area contributed by atoms with Gasteiger partial charge in [0.1, 0.15) is 5.75 Å². The first-order chi connectivity index (χ1) is 8.81. The van der Waals surface area contributed by atoms with E-state index in [0.29, 0.717) is 17.3 Å². The maximum absolute atomic E-state index is 5.67. The largest absolute Gasteiger partial charge is 0.439 e. The summed E-state index contributed by atoms with van der Waals surface area (Å²) in [5, 5.41) is 1.07. The van der Waals surface area contributed by atoms with Crippen LogP contribution >= 0.6 is 0 Å². The van der Waals surface area contributed by atoms with Crippen molar-refractivity contribution in [3.8, 4) is 11.6 Å². The molecule has 0 spiro atoms. The fourth-order valence-electron chi connectivity index (χ4n) is 1.71. The normalized spacial score (nSPS) is 10.4. The van der Waals surface area contributed by atoms with Gasteiger partial charge in [0.2, 0.25) is 5.88 Å². The standard InChI is InChI=1S/C14H11N3O/c15-11-5-7-17-14(8-11)18-12-4-3-10-2-1-6-16-13(10)9-12/h1-9H,(H2,15,17). The topological polar surface area (TPSA) is 61.0 Å². The highest BCUT2D eigenvalue weighted by atomic mass is 16.5. The smallest absolute Gasteiger partial charge is 0.221 e. The number of benzene rings is 1. The molecule has 0 unspecified atom stereocenters. The number of hydrogen-bond acceptors (Lipinski definition) is 4. The van der Waals surface area contributed by atoms with Crippen molar-refractivity contribution in [3.63, 3.8) is 0 Å². The summed E-state index contributed by atoms with van der Waals surface area (Å²) in [5.41, 5.74) is 7.18. The zero-order chi connectivity index (χ0) is 12.4. The van der Waals surface area contributed by atoms with E-state index in [1.807, 2.05) is 30.3 Å². The summed E-state index contributed by atoms with van der Waals surface area (Å²) in [5.74, 6) is 1.17. The van der Waals surface area contributed by atoms with Crippen LogP contribution < -0.4 is 10.5 Å². The molecular weight excluding hydrogens is 226 g/mol. The molecule has 0 aliphatic rings. The maximum atomic E-state index is 5.67. The highest BCUT2D eigenvalue weighted by Gasteiger charge is 2.01. The highest BCUT2D eigenvalue weighted by Crippen LogP contribution is 2.24. The first-order valence-corrected chi connectivity index (χ1v) is 5.55. The van der Waals surface area contributed by atoms with Crippen molar-refractivity contribution >= 4 is 16.6 Å². The number of nitrogens with two attached hydrogens (primary N) is 1. The van der Waals surface area contributed by atoms with Gasteiger partial charge in [0, 0.05) is 35.6 Å². The van der Waals surface area contributed by atoms with Crippen molar-refractivity contribution < 1.29 is 4.74 Å². The average molecular weight is 237 g/mol. The third-order valence-electron chi connectivity index (χ3n) is 2.56. The van der Waals surface area contributed by atoms with Gasteiger partial charge in [-0.3, -0.25) is 4.98 Å². The van der Waals surface area contributed by atoms with Crippen LogP contribution in [0.4, 0.5) is 5.69 Å². The van der Waals surface area contributed by atoms with Crippen molar-refractivity contribution in [1.82, 2.24) is 9.97 Å². The Morgan fingerprint density at radius 2 is 1.89 bits per heavy atom. The van der Waals surface area contributed by atoms with Gasteiger partial charge in [-0.25, -0.2) is 4.98 Å². The molecule has 0 fully saturated rings. The Bertz CT molecular complexity index is 697. The molecule has 2 heterocycles. The van der Waals surface area contributed by atoms with Crippen LogP contribution in [0.1, 0.15) is 0 Å². The zero-order valence-electron chi connectivity index (χ0n) is 9.58. The molecule has 0 amide bonds. The Kier molecular flexibility index (Phi) is 2.53. The molecule has 4 heteroatoms. The van der Waals surface area contributed by atoms with Crippen LogP contribution in [-0.2, 0) is 0 Å². The first kappa shape index (κ1) is 10.5. The Labute approximate surface area is 104 Å². The molecule has 88 valence electrons. The van der Waals surface area contributed by atoms with E-state index >= 15 is 0 Å². The number of anilines is 1. The summed E-state index contributed by atoms with van der Waals surface area (Å²) in [6.07, 6.45) is 3.37. The van der Waals surface area contributed by atoms with Gasteiger partial charge in [-0.2, -0.15) is 0 Å². The minimum absolute atomic E-state index is 0.477. The Hall–Kier alpha value is -2.62. The lowest BCUT2D eigenvalue weighted by Gasteiger charge is -2.05. The molecule has 1 aromatic carbocycles. The molecule has 0 saturated carbocycles. The molecule has 3 aromatic rings. The van der Waals surface area contributed by atoms with E-state index in [-0.39, 0.29) is 0 Å². The lowest BCUT2D eigenvalue weighted by Crippen LogP contribution is -1.90. The molecule has 0 aliphatic heterocycles. The van der Waals surface area contributed by atoms with Crippen LogP contribution in [0.15, 0.2) is 54.9 Å². The van der Waals surface area contributed by atoms with Crippen LogP contribution in [0.2, 0.25) is 0 Å². The summed E-state index contributed by atoms with van der Waals surface area (Å²) in [6.45, 7) is 0. The number of fused-ring (bicyclic) bond motifs is 1. The zero-order valence-corrected chi connectivity index (χ0v) is 9.58. The predicted molar refractivity (Wildman–Crippen MR) is 70.5 cm³/mol. The summed E-state index contributed by atoms with van der Waals surface area (Å²) < 4.78 is 5.64. The van der Waals surface area contributed by atoms with Crippen molar-refractivity contribution in [1.29, 1.82) is 0 Å². The monoisotopic (exact) mass is 237 g/mol. The number of nitrogens with zero attached hydrogens (tertiary/aromatic N) is 2. The molecule has 18 heavy (non-hydrogen) atoms. The fraction of sp³-hybridized carbons (Fsp3) is 0. The molecule has 0 saturated heterocycles. The van der Waals surface area contributed by atoms with Crippen LogP contribution in [0.3, 0.4) is 0 Å². The molecule has 0 aliphatic carbocycles. The van der Waals surface area contributed by atoms with E-state index in [4.69, 9.17) is 10.5 Å². The van der Waals surface area contributed by atoms with Crippen LogP contribution in [0.25, 0.3) is 10.9 Å². The number of aromatic nitrogens is 2. The molecule has 3 rings (SSSR count). The second kappa shape index (κ2) is 4.33. The average Bonchev–Trinajstić information content (AvgIpc) is 2.39. The van der Waals surface area contributed by atoms with Gasteiger partial charge in [-0.1, -0.05) is 6.07 Å². The molecule has 0 bridgehead atoms. The lowest BCUT2D eigenvalue weighted by atomic mass is 10.2. The Morgan fingerprint density at radius 3 is 2.78 bits per heavy atom. The van der Waals surface area contributed by atoms with E-state index < -0.39 is 0 Å². The molecule has 0 atom stereocenters. The van der Waals surface area contributed by atoms with E-state index in [9.17, 15) is 0 Å². The maximum Gasteiger partial charge on any atom is 0.221 e. The Balaban J connectivity index is 1.95. The third-order valence-corrected chi connectivity index (χ3v) is 2.56. The quantitative estimate of drug-likeness (QED) is 0.744. The number of rotatable bonds is 2. The Morgan fingerprint density at radius 1 is 0.944 bits per heavy atom. The number of nitrogen functional groups attached to an aromatic ring is 1. The second-order valence-corrected chi connectivity index (χ2v) is 3.89. The SMILES string of the molecule is Nc1ccnc(Oc2ccc3cccnc3c2)c1. The van der Waals surface area contributed by atoms with Crippen LogP contribution in [0.5, 0.6) is 11.6 Å². The molecule has 4 nitrogen and oxygen atoms in total. The molecule has 0 radical (unpaired) electrons. The van der Waals surface area contributed by atoms with Gasteiger partial charge in [-0.05, 0) is 24.3 Å². The summed E-state index contributed by atoms with van der Waals surface area (Å²) in [4.78, 5) is 8.37. The fourth-order valence-corrected chi connectivity index (χ4v) is 1.71. The van der Waals surface area contributed by atoms with E-state index in [1.165, 1.54) is 0 Å². The van der Waals surface area contributed by atoms with E-state index in [0.717, 1.165) is 10.9 Å². The van der Waals surface area contributed by atoms with Gasteiger partial charge in [0.15, 0.2) is 0 Å². The number of ether oxygens (including phenoxy) is 1. The van der Waals surface area contributed by atoms with Crippen molar-refractivity contribution in [3.05, 3.63) is 54.9 Å². The number of pyridine rings is 2. The van der Waals surface area contributed by atoms with Gasteiger partial charge in [0.05, 0.1) is 5.52 Å². The third kappa shape index (κ3) is 2.08. The van der Waals surface area contributed by atoms with Gasteiger partial charge < -0.3 is 10.5 Å². The van der Waals surface area contributed by atoms with E-state index in [1.54, 1.807) is 24.5 Å². The van der Waals surface area contributed by atoms with Crippen molar-refractivity contribution in [2.45, 2.75) is 0 Å². The van der Waals surface area contributed by atoms with Crippen LogP contribution in [-0.4, -0.2) is 9.97 Å². The summed E-state index contributed by atoms with van der Waals surface area (Å²) in [6, 6.07) is 13.0. The van der Waals surface area contributed by atoms with Crippen molar-refractivity contribution in [2.24, 2.45) is 0 Å². The van der Waals surface area contributed by atoms with Crippen LogP contribution in [0, 0.1) is 0 Å². The van der Waals surface area contributed by atoms with Gasteiger partial charge in [0.25, 0.3) is 0 Å². The molecule has 2 N–H and O–H groups in total. The second-order valence-electron chi connectivity index (χ2n) is 3.89. The minimum Gasteiger partial charge on any atom is -0.439 e. The number of hydrogen-bond donors (Lipinski definition) is 1. The van der Waals surface area contributed by atoms with E-state index in [2.05, 4.69) is 9.97 Å².